The first-order valence-electron chi connectivity index (χ1n) is 6.44. The average Bonchev–Trinajstić information content (AvgIpc) is 2.32. The van der Waals surface area contributed by atoms with E-state index in [1.807, 2.05) is 0 Å². The molecule has 0 fully saturated rings. The molecule has 2 unspecified atom stereocenters. The summed E-state index contributed by atoms with van der Waals surface area (Å²) in [6.45, 7) is 7.10. The lowest BCUT2D eigenvalue weighted by atomic mass is 9.89. The van der Waals surface area contributed by atoms with Crippen molar-refractivity contribution in [1.82, 2.24) is 4.90 Å². The normalized spacial score (nSPS) is 14.7. The summed E-state index contributed by atoms with van der Waals surface area (Å²) in [6, 6.07) is 4.66. The van der Waals surface area contributed by atoms with Gasteiger partial charge in [-0.25, -0.2) is 0 Å². The van der Waals surface area contributed by atoms with Crippen LogP contribution in [0, 0.1) is 13.8 Å². The van der Waals surface area contributed by atoms with Crippen molar-refractivity contribution in [3.05, 3.63) is 28.8 Å². The third kappa shape index (κ3) is 3.03. The fourth-order valence-corrected chi connectivity index (χ4v) is 2.41. The highest BCUT2D eigenvalue weighted by Gasteiger charge is 2.23. The highest BCUT2D eigenvalue weighted by Crippen LogP contribution is 2.32. The van der Waals surface area contributed by atoms with Crippen molar-refractivity contribution < 1.29 is 4.74 Å². The lowest BCUT2D eigenvalue weighted by Gasteiger charge is -2.30. The molecule has 2 atom stereocenters. The Morgan fingerprint density at radius 3 is 2.22 bits per heavy atom. The summed E-state index contributed by atoms with van der Waals surface area (Å²) < 4.78 is 5.52. The molecule has 0 spiro atoms. The first kappa shape index (κ1) is 15.0. The third-order valence-electron chi connectivity index (χ3n) is 3.82. The van der Waals surface area contributed by atoms with Crippen molar-refractivity contribution in [3.8, 4) is 5.75 Å². The maximum atomic E-state index is 5.89. The second kappa shape index (κ2) is 6.21. The van der Waals surface area contributed by atoms with Crippen LogP contribution in [0.3, 0.4) is 0 Å². The van der Waals surface area contributed by atoms with Gasteiger partial charge in [-0.1, -0.05) is 13.0 Å². The van der Waals surface area contributed by atoms with Crippen LogP contribution in [-0.2, 0) is 0 Å². The van der Waals surface area contributed by atoms with E-state index in [9.17, 15) is 0 Å². The molecule has 0 aliphatic heterocycles. The van der Waals surface area contributed by atoms with Gasteiger partial charge < -0.3 is 15.4 Å². The molecule has 0 aliphatic rings. The second-order valence-corrected chi connectivity index (χ2v) is 5.23. The zero-order chi connectivity index (χ0) is 13.9. The smallest absolute Gasteiger partial charge is 0.122 e. The van der Waals surface area contributed by atoms with Gasteiger partial charge in [-0.15, -0.1) is 0 Å². The molecule has 0 aliphatic carbocycles. The molecule has 3 nitrogen and oxygen atoms in total. The SMILES string of the molecule is COc1cc(C)c(C)cc1C(C)C(CN)N(C)C. The Morgan fingerprint density at radius 2 is 1.78 bits per heavy atom. The van der Waals surface area contributed by atoms with Gasteiger partial charge in [0.25, 0.3) is 0 Å². The van der Waals surface area contributed by atoms with Gasteiger partial charge in [0.2, 0.25) is 0 Å². The number of hydrogen-bond acceptors (Lipinski definition) is 3. The van der Waals surface area contributed by atoms with Crippen molar-refractivity contribution in [1.29, 1.82) is 0 Å². The number of likely N-dealkylation sites (N-methyl/N-ethyl adjacent to an activating group) is 1. The topological polar surface area (TPSA) is 38.5 Å². The first-order valence-corrected chi connectivity index (χ1v) is 6.44. The van der Waals surface area contributed by atoms with Gasteiger partial charge in [0.1, 0.15) is 5.75 Å². The molecule has 0 saturated carbocycles. The van der Waals surface area contributed by atoms with Crippen molar-refractivity contribution in [2.45, 2.75) is 32.7 Å². The number of nitrogens with two attached hydrogens (primary N) is 1. The fourth-order valence-electron chi connectivity index (χ4n) is 2.41. The standard InChI is InChI=1S/C15H26N2O/c1-10-7-13(15(18-6)8-11(10)2)12(3)14(9-16)17(4)5/h7-8,12,14H,9,16H2,1-6H3. The molecule has 1 aromatic carbocycles. The maximum Gasteiger partial charge on any atom is 0.122 e. The Bertz CT molecular complexity index is 402. The Balaban J connectivity index is 3.18. The van der Waals surface area contributed by atoms with Gasteiger partial charge >= 0.3 is 0 Å². The molecule has 0 bridgehead atoms. The largest absolute Gasteiger partial charge is 0.496 e. The highest BCUT2D eigenvalue weighted by atomic mass is 16.5. The Morgan fingerprint density at radius 1 is 1.22 bits per heavy atom. The summed E-state index contributed by atoms with van der Waals surface area (Å²) in [5.41, 5.74) is 9.69. The molecule has 102 valence electrons. The van der Waals surface area contributed by atoms with E-state index in [1.165, 1.54) is 16.7 Å². The Labute approximate surface area is 111 Å². The van der Waals surface area contributed by atoms with Crippen LogP contribution in [0.4, 0.5) is 0 Å². The van der Waals surface area contributed by atoms with E-state index in [2.05, 4.69) is 51.9 Å². The number of benzene rings is 1. The Hall–Kier alpha value is -1.06. The molecule has 0 saturated heterocycles. The molecular weight excluding hydrogens is 224 g/mol. The minimum absolute atomic E-state index is 0.320. The number of methoxy groups -OCH3 is 1. The van der Waals surface area contributed by atoms with Crippen LogP contribution in [0.2, 0.25) is 0 Å². The van der Waals surface area contributed by atoms with Crippen LogP contribution in [0.5, 0.6) is 5.75 Å². The quantitative estimate of drug-likeness (QED) is 0.871. The predicted molar refractivity (Wildman–Crippen MR) is 77.4 cm³/mol. The van der Waals surface area contributed by atoms with Crippen molar-refractivity contribution in [2.24, 2.45) is 5.73 Å². The molecule has 1 rings (SSSR count). The van der Waals surface area contributed by atoms with E-state index in [1.54, 1.807) is 7.11 Å². The van der Waals surface area contributed by atoms with E-state index in [0.717, 1.165) is 5.75 Å². The monoisotopic (exact) mass is 250 g/mol. The van der Waals surface area contributed by atoms with Crippen molar-refractivity contribution >= 4 is 0 Å². The van der Waals surface area contributed by atoms with Gasteiger partial charge in [-0.2, -0.15) is 0 Å². The number of ether oxygens (including phenoxy) is 1. The molecule has 18 heavy (non-hydrogen) atoms. The molecule has 3 heteroatoms. The summed E-state index contributed by atoms with van der Waals surface area (Å²) in [6.07, 6.45) is 0. The summed E-state index contributed by atoms with van der Waals surface area (Å²) in [5, 5.41) is 0. The van der Waals surface area contributed by atoms with Crippen LogP contribution >= 0.6 is 0 Å². The van der Waals surface area contributed by atoms with Gasteiger partial charge in [0.05, 0.1) is 7.11 Å². The third-order valence-corrected chi connectivity index (χ3v) is 3.82. The minimum Gasteiger partial charge on any atom is -0.496 e. The van der Waals surface area contributed by atoms with Gasteiger partial charge in [0, 0.05) is 18.5 Å². The highest BCUT2D eigenvalue weighted by molar-refractivity contribution is 5.44. The summed E-state index contributed by atoms with van der Waals surface area (Å²) in [5.74, 6) is 1.31. The molecule has 0 heterocycles. The molecule has 0 amide bonds. The van der Waals surface area contributed by atoms with E-state index >= 15 is 0 Å². The van der Waals surface area contributed by atoms with Crippen LogP contribution in [0.1, 0.15) is 29.5 Å². The number of aryl methyl sites for hydroxylation is 2. The summed E-state index contributed by atoms with van der Waals surface area (Å²) in [7, 11) is 5.87. The van der Waals surface area contributed by atoms with Gasteiger partial charge in [-0.3, -0.25) is 0 Å². The molecular formula is C15H26N2O. The van der Waals surface area contributed by atoms with E-state index in [-0.39, 0.29) is 0 Å². The lowest BCUT2D eigenvalue weighted by molar-refractivity contribution is 0.263. The van der Waals surface area contributed by atoms with Gasteiger partial charge in [0.15, 0.2) is 0 Å². The van der Waals surface area contributed by atoms with Crippen LogP contribution in [0.15, 0.2) is 12.1 Å². The number of rotatable bonds is 5. The van der Waals surface area contributed by atoms with Crippen molar-refractivity contribution in [2.75, 3.05) is 27.7 Å². The van der Waals surface area contributed by atoms with E-state index < -0.39 is 0 Å². The zero-order valence-corrected chi connectivity index (χ0v) is 12.4. The minimum atomic E-state index is 0.320. The fraction of sp³-hybridized carbons (Fsp3) is 0.600. The lowest BCUT2D eigenvalue weighted by Crippen LogP contribution is -2.39. The van der Waals surface area contributed by atoms with E-state index in [4.69, 9.17) is 10.5 Å². The molecule has 2 N–H and O–H groups in total. The van der Waals surface area contributed by atoms with Crippen LogP contribution in [-0.4, -0.2) is 38.7 Å². The Kier molecular flexibility index (Phi) is 5.17. The first-order chi connectivity index (χ1) is 8.42. The van der Waals surface area contributed by atoms with Crippen LogP contribution < -0.4 is 10.5 Å². The zero-order valence-electron chi connectivity index (χ0n) is 12.4. The van der Waals surface area contributed by atoms with E-state index in [0.29, 0.717) is 18.5 Å². The second-order valence-electron chi connectivity index (χ2n) is 5.23. The molecule has 0 radical (unpaired) electrons. The predicted octanol–water partition coefficient (Wildman–Crippen LogP) is 2.30. The maximum absolute atomic E-state index is 5.89. The molecule has 1 aromatic rings. The summed E-state index contributed by atoms with van der Waals surface area (Å²) in [4.78, 5) is 2.18. The van der Waals surface area contributed by atoms with Crippen molar-refractivity contribution in [3.63, 3.8) is 0 Å². The number of nitrogens with zero attached hydrogens (tertiary/aromatic N) is 1. The van der Waals surface area contributed by atoms with Gasteiger partial charge in [-0.05, 0) is 50.7 Å². The summed E-state index contributed by atoms with van der Waals surface area (Å²) >= 11 is 0. The molecule has 0 aromatic heterocycles. The van der Waals surface area contributed by atoms with Crippen LogP contribution in [0.25, 0.3) is 0 Å². The average molecular weight is 250 g/mol. The number of hydrogen-bond donors (Lipinski definition) is 1.